The topological polar surface area (TPSA) is 43.8 Å². The molecule has 4 heteroatoms. The Hall–Kier alpha value is -1.23. The van der Waals surface area contributed by atoms with Gasteiger partial charge in [0.1, 0.15) is 0 Å². The summed E-state index contributed by atoms with van der Waals surface area (Å²) in [6.45, 7) is 5.93. The van der Waals surface area contributed by atoms with Gasteiger partial charge in [0.25, 0.3) is 0 Å². The quantitative estimate of drug-likeness (QED) is 0.834. The predicted octanol–water partition coefficient (Wildman–Crippen LogP) is 1.48. The minimum Gasteiger partial charge on any atom is -0.392 e. The fourth-order valence-corrected chi connectivity index (χ4v) is 2.95. The van der Waals surface area contributed by atoms with Gasteiger partial charge in [0, 0.05) is 24.7 Å². The number of rotatable bonds is 5. The molecule has 1 aromatic rings. The van der Waals surface area contributed by atoms with Crippen LogP contribution < -0.4 is 0 Å². The molecule has 1 fully saturated rings. The molecule has 2 rings (SSSR count). The summed E-state index contributed by atoms with van der Waals surface area (Å²) in [7, 11) is 4.04. The monoisotopic (exact) mass is 290 g/mol. The number of likely N-dealkylation sites (N-methyl/N-ethyl adjacent to an activating group) is 1. The Labute approximate surface area is 127 Å². The number of aliphatic hydroxyl groups is 1. The third-order valence-electron chi connectivity index (χ3n) is 4.26. The van der Waals surface area contributed by atoms with Crippen molar-refractivity contribution >= 4 is 5.78 Å². The third kappa shape index (κ3) is 4.13. The second kappa shape index (κ2) is 6.69. The van der Waals surface area contributed by atoms with Crippen LogP contribution in [0.15, 0.2) is 18.2 Å². The van der Waals surface area contributed by atoms with E-state index in [4.69, 9.17) is 0 Å². The number of carbonyl (C=O) groups is 1. The number of ketones is 1. The second-order valence-corrected chi connectivity index (χ2v) is 6.46. The van der Waals surface area contributed by atoms with E-state index >= 15 is 0 Å². The van der Waals surface area contributed by atoms with E-state index in [9.17, 15) is 9.90 Å². The number of likely N-dealkylation sites (tertiary alicyclic amines) is 1. The average molecular weight is 290 g/mol. The molecule has 1 saturated heterocycles. The minimum absolute atomic E-state index is 0.135. The van der Waals surface area contributed by atoms with E-state index in [0.717, 1.165) is 24.1 Å². The van der Waals surface area contributed by atoms with Crippen LogP contribution in [0.25, 0.3) is 0 Å². The zero-order valence-corrected chi connectivity index (χ0v) is 13.5. The lowest BCUT2D eigenvalue weighted by Gasteiger charge is -2.26. The molecule has 0 spiro atoms. The molecule has 0 amide bonds. The summed E-state index contributed by atoms with van der Waals surface area (Å²) in [6.07, 6.45) is 0.431. The number of aliphatic hydroxyl groups excluding tert-OH is 1. The number of aryl methyl sites for hydroxylation is 2. The first kappa shape index (κ1) is 16.1. The first-order chi connectivity index (χ1) is 9.86. The summed E-state index contributed by atoms with van der Waals surface area (Å²) < 4.78 is 0. The van der Waals surface area contributed by atoms with E-state index in [1.807, 2.05) is 46.1 Å². The van der Waals surface area contributed by atoms with Crippen LogP contribution in [-0.2, 0) is 0 Å². The van der Waals surface area contributed by atoms with Crippen LogP contribution in [0.3, 0.4) is 0 Å². The summed E-state index contributed by atoms with van der Waals surface area (Å²) in [5.74, 6) is 0.135. The van der Waals surface area contributed by atoms with Crippen LogP contribution in [-0.4, -0.2) is 66.6 Å². The van der Waals surface area contributed by atoms with Crippen molar-refractivity contribution in [1.29, 1.82) is 0 Å². The van der Waals surface area contributed by atoms with Gasteiger partial charge >= 0.3 is 0 Å². The van der Waals surface area contributed by atoms with Crippen molar-refractivity contribution in [3.05, 3.63) is 34.9 Å². The summed E-state index contributed by atoms with van der Waals surface area (Å²) in [6, 6.07) is 6.12. The molecule has 0 aromatic heterocycles. The maximum absolute atomic E-state index is 12.5. The van der Waals surface area contributed by atoms with Gasteiger partial charge in [-0.2, -0.15) is 0 Å². The molecule has 1 aliphatic rings. The lowest BCUT2D eigenvalue weighted by Crippen LogP contribution is -2.40. The van der Waals surface area contributed by atoms with Gasteiger partial charge in [0.05, 0.1) is 12.6 Å². The van der Waals surface area contributed by atoms with Gasteiger partial charge in [-0.1, -0.05) is 12.1 Å². The molecule has 0 bridgehead atoms. The minimum atomic E-state index is -0.317. The zero-order chi connectivity index (χ0) is 15.6. The maximum Gasteiger partial charge on any atom is 0.176 e. The van der Waals surface area contributed by atoms with Crippen LogP contribution >= 0.6 is 0 Å². The summed E-state index contributed by atoms with van der Waals surface area (Å²) in [5.41, 5.74) is 3.11. The molecule has 1 aromatic carbocycles. The van der Waals surface area contributed by atoms with Crippen molar-refractivity contribution < 1.29 is 9.90 Å². The molecule has 0 saturated carbocycles. The molecule has 1 heterocycles. The molecule has 1 aliphatic heterocycles. The Morgan fingerprint density at radius 3 is 2.67 bits per heavy atom. The molecule has 0 radical (unpaired) electrons. The highest BCUT2D eigenvalue weighted by Gasteiger charge is 2.32. The summed E-state index contributed by atoms with van der Waals surface area (Å²) in [5, 5.41) is 9.88. The predicted molar refractivity (Wildman–Crippen MR) is 84.8 cm³/mol. The number of Topliss-reactive ketones (excluding diaryl/α,β-unsaturated/α-hetero) is 1. The van der Waals surface area contributed by atoms with E-state index < -0.39 is 0 Å². The number of hydrogen-bond acceptors (Lipinski definition) is 4. The molecule has 21 heavy (non-hydrogen) atoms. The fraction of sp³-hybridized carbons (Fsp3) is 0.588. The molecule has 2 atom stereocenters. The maximum atomic E-state index is 12.5. The van der Waals surface area contributed by atoms with E-state index in [0.29, 0.717) is 13.1 Å². The first-order valence-corrected chi connectivity index (χ1v) is 7.54. The normalized spacial score (nSPS) is 23.0. The van der Waals surface area contributed by atoms with Crippen molar-refractivity contribution in [1.82, 2.24) is 9.80 Å². The smallest absolute Gasteiger partial charge is 0.176 e. The van der Waals surface area contributed by atoms with Crippen LogP contribution in [0.1, 0.15) is 27.9 Å². The number of carbonyl (C=O) groups excluding carboxylic acids is 1. The van der Waals surface area contributed by atoms with Crippen LogP contribution in [0, 0.1) is 13.8 Å². The summed E-state index contributed by atoms with van der Waals surface area (Å²) in [4.78, 5) is 16.7. The van der Waals surface area contributed by atoms with Crippen molar-refractivity contribution in [2.45, 2.75) is 32.4 Å². The lowest BCUT2D eigenvalue weighted by molar-refractivity contribution is 0.0902. The Kier molecular flexibility index (Phi) is 5.14. The SMILES string of the molecule is Cc1ccc(C(=O)CN2CC(O)CC2CN(C)C)cc1C. The standard InChI is InChI=1S/C17H26N2O2/c1-12-5-6-14(7-13(12)2)17(21)11-19-10-16(20)8-15(19)9-18(3)4/h5-7,15-16,20H,8-11H2,1-4H3. The van der Waals surface area contributed by atoms with Crippen molar-refractivity contribution in [3.8, 4) is 0 Å². The largest absolute Gasteiger partial charge is 0.392 e. The first-order valence-electron chi connectivity index (χ1n) is 7.54. The van der Waals surface area contributed by atoms with Gasteiger partial charge in [-0.3, -0.25) is 9.69 Å². The van der Waals surface area contributed by atoms with Crippen LogP contribution in [0.2, 0.25) is 0 Å². The second-order valence-electron chi connectivity index (χ2n) is 6.46. The number of β-amino-alcohol motifs (C(OH)–C–C–N with tert-alkyl or cyclic N) is 1. The van der Waals surface area contributed by atoms with E-state index in [2.05, 4.69) is 9.80 Å². The molecule has 1 N–H and O–H groups in total. The summed E-state index contributed by atoms with van der Waals surface area (Å²) >= 11 is 0. The number of nitrogens with zero attached hydrogens (tertiary/aromatic N) is 2. The highest BCUT2D eigenvalue weighted by atomic mass is 16.3. The van der Waals surface area contributed by atoms with E-state index in [-0.39, 0.29) is 17.9 Å². The molecule has 4 nitrogen and oxygen atoms in total. The molecule has 0 aliphatic carbocycles. The van der Waals surface area contributed by atoms with Crippen molar-refractivity contribution in [2.75, 3.05) is 33.7 Å². The van der Waals surface area contributed by atoms with Gasteiger partial charge in [-0.15, -0.1) is 0 Å². The Bertz CT molecular complexity index is 514. The van der Waals surface area contributed by atoms with Gasteiger partial charge in [0.15, 0.2) is 5.78 Å². The average Bonchev–Trinajstić information content (AvgIpc) is 2.71. The Morgan fingerprint density at radius 1 is 1.33 bits per heavy atom. The number of benzene rings is 1. The van der Waals surface area contributed by atoms with Gasteiger partial charge in [0.2, 0.25) is 0 Å². The highest BCUT2D eigenvalue weighted by Crippen LogP contribution is 2.19. The molecule has 116 valence electrons. The lowest BCUT2D eigenvalue weighted by atomic mass is 10.0. The molecule has 2 unspecified atom stereocenters. The van der Waals surface area contributed by atoms with Crippen LogP contribution in [0.4, 0.5) is 0 Å². The van der Waals surface area contributed by atoms with E-state index in [1.165, 1.54) is 5.56 Å². The van der Waals surface area contributed by atoms with Gasteiger partial charge in [-0.05, 0) is 51.6 Å². The van der Waals surface area contributed by atoms with Crippen LogP contribution in [0.5, 0.6) is 0 Å². The Balaban J connectivity index is 2.05. The third-order valence-corrected chi connectivity index (χ3v) is 4.26. The van der Waals surface area contributed by atoms with Crippen molar-refractivity contribution in [2.24, 2.45) is 0 Å². The molecular weight excluding hydrogens is 264 g/mol. The van der Waals surface area contributed by atoms with Gasteiger partial charge < -0.3 is 10.0 Å². The number of hydrogen-bond donors (Lipinski definition) is 1. The van der Waals surface area contributed by atoms with Crippen molar-refractivity contribution in [3.63, 3.8) is 0 Å². The molecular formula is C17H26N2O2. The van der Waals surface area contributed by atoms with E-state index in [1.54, 1.807) is 0 Å². The highest BCUT2D eigenvalue weighted by molar-refractivity contribution is 5.97. The fourth-order valence-electron chi connectivity index (χ4n) is 2.95. The zero-order valence-electron chi connectivity index (χ0n) is 13.5. The Morgan fingerprint density at radius 2 is 2.05 bits per heavy atom. The van der Waals surface area contributed by atoms with Gasteiger partial charge in [-0.25, -0.2) is 0 Å².